The summed E-state index contributed by atoms with van der Waals surface area (Å²) in [5, 5.41) is 7.39. The topological polar surface area (TPSA) is 72.2 Å². The molecule has 82 valence electrons. The SMILES string of the molecule is O=C1CCNC(c2nccc3ncnn23)C1. The Morgan fingerprint density at radius 3 is 3.25 bits per heavy atom. The lowest BCUT2D eigenvalue weighted by atomic mass is 10.0. The summed E-state index contributed by atoms with van der Waals surface area (Å²) >= 11 is 0. The van der Waals surface area contributed by atoms with Crippen LogP contribution in [0.3, 0.4) is 0 Å². The van der Waals surface area contributed by atoms with Crippen molar-refractivity contribution >= 4 is 11.4 Å². The molecule has 1 atom stereocenters. The van der Waals surface area contributed by atoms with Gasteiger partial charge in [-0.2, -0.15) is 9.61 Å². The second-order valence-corrected chi connectivity index (χ2v) is 3.83. The summed E-state index contributed by atoms with van der Waals surface area (Å²) in [5.74, 6) is 1.02. The van der Waals surface area contributed by atoms with Gasteiger partial charge >= 0.3 is 0 Å². The highest BCUT2D eigenvalue weighted by Gasteiger charge is 2.23. The number of ketones is 1. The fourth-order valence-corrected chi connectivity index (χ4v) is 1.98. The van der Waals surface area contributed by atoms with Crippen molar-refractivity contribution in [2.75, 3.05) is 6.54 Å². The van der Waals surface area contributed by atoms with Crippen molar-refractivity contribution in [3.8, 4) is 0 Å². The molecule has 1 aliphatic rings. The quantitative estimate of drug-likeness (QED) is 0.734. The molecular formula is C10H11N5O. The Kier molecular flexibility index (Phi) is 2.14. The molecule has 0 saturated carbocycles. The molecule has 1 aliphatic heterocycles. The smallest absolute Gasteiger partial charge is 0.158 e. The fourth-order valence-electron chi connectivity index (χ4n) is 1.98. The molecule has 1 unspecified atom stereocenters. The maximum atomic E-state index is 11.4. The number of carbonyl (C=O) groups is 1. The minimum Gasteiger partial charge on any atom is -0.306 e. The van der Waals surface area contributed by atoms with E-state index in [-0.39, 0.29) is 11.8 Å². The summed E-state index contributed by atoms with van der Waals surface area (Å²) in [6.07, 6.45) is 4.26. The number of hydrogen-bond donors (Lipinski definition) is 1. The van der Waals surface area contributed by atoms with Crippen LogP contribution in [0.5, 0.6) is 0 Å². The Balaban J connectivity index is 2.04. The van der Waals surface area contributed by atoms with Gasteiger partial charge in [-0.05, 0) is 0 Å². The monoisotopic (exact) mass is 217 g/mol. The molecule has 2 aromatic heterocycles. The highest BCUT2D eigenvalue weighted by atomic mass is 16.1. The van der Waals surface area contributed by atoms with E-state index in [0.717, 1.165) is 11.5 Å². The molecule has 3 rings (SSSR count). The van der Waals surface area contributed by atoms with Gasteiger partial charge in [0.25, 0.3) is 0 Å². The molecule has 0 aromatic carbocycles. The first-order valence-electron chi connectivity index (χ1n) is 5.24. The van der Waals surface area contributed by atoms with E-state index >= 15 is 0 Å². The van der Waals surface area contributed by atoms with Crippen LogP contribution in [-0.4, -0.2) is 31.9 Å². The molecule has 2 aromatic rings. The van der Waals surface area contributed by atoms with E-state index in [2.05, 4.69) is 20.4 Å². The molecule has 1 N–H and O–H groups in total. The van der Waals surface area contributed by atoms with E-state index in [1.165, 1.54) is 6.33 Å². The number of nitrogens with one attached hydrogen (secondary N) is 1. The van der Waals surface area contributed by atoms with Crippen LogP contribution in [0.2, 0.25) is 0 Å². The summed E-state index contributed by atoms with van der Waals surface area (Å²) < 4.78 is 1.68. The molecule has 16 heavy (non-hydrogen) atoms. The van der Waals surface area contributed by atoms with Gasteiger partial charge < -0.3 is 5.32 Å². The summed E-state index contributed by atoms with van der Waals surface area (Å²) in [4.78, 5) is 19.8. The van der Waals surface area contributed by atoms with Crippen molar-refractivity contribution < 1.29 is 4.79 Å². The number of rotatable bonds is 1. The summed E-state index contributed by atoms with van der Waals surface area (Å²) in [7, 11) is 0. The molecular weight excluding hydrogens is 206 g/mol. The third-order valence-corrected chi connectivity index (χ3v) is 2.76. The van der Waals surface area contributed by atoms with Crippen molar-refractivity contribution in [1.29, 1.82) is 0 Å². The van der Waals surface area contributed by atoms with Crippen LogP contribution in [0.1, 0.15) is 24.7 Å². The van der Waals surface area contributed by atoms with Gasteiger partial charge in [0, 0.05) is 31.6 Å². The van der Waals surface area contributed by atoms with Gasteiger partial charge in [0.15, 0.2) is 5.65 Å². The van der Waals surface area contributed by atoms with Crippen LogP contribution in [0.15, 0.2) is 18.6 Å². The highest BCUT2D eigenvalue weighted by molar-refractivity contribution is 5.80. The van der Waals surface area contributed by atoms with E-state index in [1.807, 2.05) is 0 Å². The van der Waals surface area contributed by atoms with Crippen LogP contribution in [0.4, 0.5) is 0 Å². The zero-order chi connectivity index (χ0) is 11.0. The largest absolute Gasteiger partial charge is 0.306 e. The first kappa shape index (κ1) is 9.41. The van der Waals surface area contributed by atoms with Crippen molar-refractivity contribution in [1.82, 2.24) is 24.9 Å². The third kappa shape index (κ3) is 1.47. The second-order valence-electron chi connectivity index (χ2n) is 3.83. The average Bonchev–Trinajstić information content (AvgIpc) is 2.76. The molecule has 1 fully saturated rings. The number of nitrogens with zero attached hydrogens (tertiary/aromatic N) is 4. The zero-order valence-electron chi connectivity index (χ0n) is 8.63. The van der Waals surface area contributed by atoms with Gasteiger partial charge in [0.2, 0.25) is 0 Å². The Morgan fingerprint density at radius 1 is 1.44 bits per heavy atom. The van der Waals surface area contributed by atoms with Crippen LogP contribution >= 0.6 is 0 Å². The van der Waals surface area contributed by atoms with Crippen molar-refractivity contribution in [3.63, 3.8) is 0 Å². The normalized spacial score (nSPS) is 21.5. The Labute approximate surface area is 91.7 Å². The number of piperidine rings is 1. The van der Waals surface area contributed by atoms with E-state index in [4.69, 9.17) is 0 Å². The summed E-state index contributed by atoms with van der Waals surface area (Å²) in [5.41, 5.74) is 0.754. The van der Waals surface area contributed by atoms with Gasteiger partial charge in [0.05, 0.1) is 6.04 Å². The third-order valence-electron chi connectivity index (χ3n) is 2.76. The van der Waals surface area contributed by atoms with E-state index in [1.54, 1.807) is 16.8 Å². The summed E-state index contributed by atoms with van der Waals surface area (Å²) in [6.45, 7) is 0.705. The zero-order valence-corrected chi connectivity index (χ0v) is 8.63. The number of Topliss-reactive ketones (excluding diaryl/α,β-unsaturated/α-hetero) is 1. The van der Waals surface area contributed by atoms with E-state index in [9.17, 15) is 4.79 Å². The van der Waals surface area contributed by atoms with Crippen LogP contribution in [0, 0.1) is 0 Å². The molecule has 0 bridgehead atoms. The fraction of sp³-hybridized carbons (Fsp3) is 0.400. The minimum atomic E-state index is -0.0494. The predicted molar refractivity (Wildman–Crippen MR) is 55.8 cm³/mol. The first-order chi connectivity index (χ1) is 7.84. The predicted octanol–water partition coefficient (Wildman–Crippen LogP) is 0.118. The first-order valence-corrected chi connectivity index (χ1v) is 5.24. The van der Waals surface area contributed by atoms with Gasteiger partial charge in [0.1, 0.15) is 17.9 Å². The maximum Gasteiger partial charge on any atom is 0.158 e. The standard InChI is InChI=1S/C10H11N5O/c16-7-1-3-11-8(5-7)10-12-4-2-9-13-6-14-15(9)10/h2,4,6,8,11H,1,3,5H2. The lowest BCUT2D eigenvalue weighted by Crippen LogP contribution is -2.33. The molecule has 0 spiro atoms. The molecule has 6 heteroatoms. The van der Waals surface area contributed by atoms with Crippen LogP contribution < -0.4 is 5.32 Å². The molecule has 1 saturated heterocycles. The Hall–Kier alpha value is -1.82. The lowest BCUT2D eigenvalue weighted by molar-refractivity contribution is -0.120. The van der Waals surface area contributed by atoms with Crippen LogP contribution in [0.25, 0.3) is 5.65 Å². The van der Waals surface area contributed by atoms with Gasteiger partial charge in [-0.15, -0.1) is 0 Å². The lowest BCUT2D eigenvalue weighted by Gasteiger charge is -2.21. The highest BCUT2D eigenvalue weighted by Crippen LogP contribution is 2.18. The van der Waals surface area contributed by atoms with Crippen molar-refractivity contribution in [2.45, 2.75) is 18.9 Å². The second kappa shape index (κ2) is 3.64. The van der Waals surface area contributed by atoms with Gasteiger partial charge in [-0.3, -0.25) is 4.79 Å². The molecule has 0 radical (unpaired) electrons. The number of hydrogen-bond acceptors (Lipinski definition) is 5. The van der Waals surface area contributed by atoms with Crippen molar-refractivity contribution in [3.05, 3.63) is 24.4 Å². The van der Waals surface area contributed by atoms with Crippen molar-refractivity contribution in [2.24, 2.45) is 0 Å². The minimum absolute atomic E-state index is 0.0494. The molecule has 6 nitrogen and oxygen atoms in total. The summed E-state index contributed by atoms with van der Waals surface area (Å²) in [6, 6.07) is 1.74. The Bertz CT molecular complexity index is 535. The number of carbonyl (C=O) groups excluding carboxylic acids is 1. The van der Waals surface area contributed by atoms with E-state index in [0.29, 0.717) is 19.4 Å². The van der Waals surface area contributed by atoms with Crippen LogP contribution in [-0.2, 0) is 4.79 Å². The molecule has 0 amide bonds. The number of aromatic nitrogens is 4. The Morgan fingerprint density at radius 2 is 2.38 bits per heavy atom. The molecule has 0 aliphatic carbocycles. The average molecular weight is 217 g/mol. The van der Waals surface area contributed by atoms with Gasteiger partial charge in [-0.1, -0.05) is 0 Å². The van der Waals surface area contributed by atoms with E-state index < -0.39 is 0 Å². The number of fused-ring (bicyclic) bond motifs is 1. The van der Waals surface area contributed by atoms with Gasteiger partial charge in [-0.25, -0.2) is 9.97 Å². The molecule has 3 heterocycles. The maximum absolute atomic E-state index is 11.4.